The van der Waals surface area contributed by atoms with Crippen molar-refractivity contribution >= 4 is 17.4 Å². The summed E-state index contributed by atoms with van der Waals surface area (Å²) in [5, 5.41) is 18.3. The molecule has 2 atom stereocenters. The Balaban J connectivity index is 1.20. The van der Waals surface area contributed by atoms with Crippen LogP contribution in [-0.4, -0.2) is 70.9 Å². The Morgan fingerprint density at radius 3 is 2.75 bits per heavy atom. The largest absolute Gasteiger partial charge is 0.381 e. The summed E-state index contributed by atoms with van der Waals surface area (Å²) >= 11 is 0. The van der Waals surface area contributed by atoms with Gasteiger partial charge < -0.3 is 19.9 Å². The van der Waals surface area contributed by atoms with E-state index in [1.807, 2.05) is 11.0 Å². The molecule has 2 N–H and O–H groups in total. The van der Waals surface area contributed by atoms with Crippen LogP contribution >= 0.6 is 0 Å². The van der Waals surface area contributed by atoms with Gasteiger partial charge >= 0.3 is 0 Å². The van der Waals surface area contributed by atoms with Gasteiger partial charge in [-0.15, -0.1) is 0 Å². The molecule has 2 fully saturated rings. The van der Waals surface area contributed by atoms with Crippen molar-refractivity contribution in [2.45, 2.75) is 38.4 Å². The number of rotatable bonds is 6. The van der Waals surface area contributed by atoms with Crippen molar-refractivity contribution in [3.05, 3.63) is 46.0 Å². The second-order valence-corrected chi connectivity index (χ2v) is 8.16. The minimum absolute atomic E-state index is 0.00536. The number of pyridine rings is 1. The molecular weight excluding hydrogens is 410 g/mol. The number of aromatic nitrogens is 3. The minimum Gasteiger partial charge on any atom is -0.381 e. The highest BCUT2D eigenvalue weighted by molar-refractivity contribution is 5.77. The van der Waals surface area contributed by atoms with Gasteiger partial charge in [0.2, 0.25) is 5.91 Å². The fourth-order valence-corrected chi connectivity index (χ4v) is 4.09. The van der Waals surface area contributed by atoms with Crippen molar-refractivity contribution in [1.82, 2.24) is 20.1 Å². The van der Waals surface area contributed by atoms with E-state index in [0.717, 1.165) is 18.7 Å². The van der Waals surface area contributed by atoms with Crippen LogP contribution in [0.15, 0.2) is 29.3 Å². The van der Waals surface area contributed by atoms with Crippen molar-refractivity contribution in [1.29, 1.82) is 5.26 Å². The molecule has 0 radical (unpaired) electrons. The van der Waals surface area contributed by atoms with Crippen molar-refractivity contribution in [2.75, 3.05) is 42.9 Å². The highest BCUT2D eigenvalue weighted by Crippen LogP contribution is 2.24. The monoisotopic (exact) mass is 437 g/mol. The van der Waals surface area contributed by atoms with Gasteiger partial charge in [-0.25, -0.2) is 10.1 Å². The first kappa shape index (κ1) is 21.8. The van der Waals surface area contributed by atoms with Crippen molar-refractivity contribution in [3.8, 4) is 6.07 Å². The summed E-state index contributed by atoms with van der Waals surface area (Å²) in [6, 6.07) is 5.68. The van der Waals surface area contributed by atoms with E-state index < -0.39 is 0 Å². The smallest absolute Gasteiger partial charge is 0.269 e. The molecule has 2 aromatic rings. The van der Waals surface area contributed by atoms with Gasteiger partial charge in [0.15, 0.2) is 0 Å². The van der Waals surface area contributed by atoms with Crippen LogP contribution in [0.3, 0.4) is 0 Å². The first-order chi connectivity index (χ1) is 15.5. The zero-order chi connectivity index (χ0) is 22.5. The van der Waals surface area contributed by atoms with E-state index in [0.29, 0.717) is 56.0 Å². The lowest BCUT2D eigenvalue weighted by Crippen LogP contribution is -2.49. The Bertz CT molecular complexity index is 1040. The maximum atomic E-state index is 12.8. The predicted molar refractivity (Wildman–Crippen MR) is 118 cm³/mol. The number of amides is 1. The van der Waals surface area contributed by atoms with Crippen molar-refractivity contribution in [3.63, 3.8) is 0 Å². The molecule has 10 nitrogen and oxygen atoms in total. The molecule has 0 saturated carbocycles. The maximum absolute atomic E-state index is 12.8. The molecule has 0 unspecified atom stereocenters. The standard InChI is InChI=1S/C22H27N7O3/c1-15-19(14-26-27-22(15)31)24-13-18-4-3-17(32-18)10-21(30)29-8-6-28(7-9-29)20-5-2-16(11-23)12-25-20/h2,5,12,14,17-18H,3-4,6-10,13H2,1H3,(H2,24,27,31)/t17-,18-/m0/s1. The number of hydrogen-bond donors (Lipinski definition) is 2. The van der Waals surface area contributed by atoms with Crippen LogP contribution < -0.4 is 15.8 Å². The molecule has 0 spiro atoms. The van der Waals surface area contributed by atoms with Crippen LogP contribution in [0, 0.1) is 18.3 Å². The molecule has 2 saturated heterocycles. The van der Waals surface area contributed by atoms with Crippen molar-refractivity contribution in [2.24, 2.45) is 0 Å². The topological polar surface area (TPSA) is 127 Å². The molecular formula is C22H27N7O3. The van der Waals surface area contributed by atoms with Crippen LogP contribution in [0.4, 0.5) is 11.5 Å². The zero-order valence-electron chi connectivity index (χ0n) is 18.1. The third-order valence-electron chi connectivity index (χ3n) is 6.06. The Kier molecular flexibility index (Phi) is 6.66. The number of piperazine rings is 1. The number of carbonyl (C=O) groups is 1. The Hall–Kier alpha value is -3.45. The molecule has 4 heterocycles. The summed E-state index contributed by atoms with van der Waals surface area (Å²) in [7, 11) is 0. The third-order valence-corrected chi connectivity index (χ3v) is 6.06. The maximum Gasteiger partial charge on any atom is 0.269 e. The Morgan fingerprint density at radius 1 is 1.25 bits per heavy atom. The average Bonchev–Trinajstić information content (AvgIpc) is 3.27. The summed E-state index contributed by atoms with van der Waals surface area (Å²) in [6.45, 7) is 5.04. The number of ether oxygens (including phenoxy) is 1. The number of nitrogens with zero attached hydrogens (tertiary/aromatic N) is 5. The first-order valence-corrected chi connectivity index (χ1v) is 10.9. The molecule has 2 aliphatic heterocycles. The molecule has 10 heteroatoms. The van der Waals surface area contributed by atoms with Gasteiger partial charge in [0.25, 0.3) is 5.56 Å². The average molecular weight is 438 g/mol. The van der Waals surface area contributed by atoms with Gasteiger partial charge in [-0.1, -0.05) is 0 Å². The first-order valence-electron chi connectivity index (χ1n) is 10.9. The Labute approximate surface area is 186 Å². The van der Waals surface area contributed by atoms with Gasteiger partial charge in [-0.2, -0.15) is 10.4 Å². The summed E-state index contributed by atoms with van der Waals surface area (Å²) in [6.07, 6.45) is 5.20. The summed E-state index contributed by atoms with van der Waals surface area (Å²) in [5.74, 6) is 0.946. The lowest BCUT2D eigenvalue weighted by molar-refractivity contribution is -0.134. The van der Waals surface area contributed by atoms with E-state index >= 15 is 0 Å². The predicted octanol–water partition coefficient (Wildman–Crippen LogP) is 1.04. The molecule has 168 valence electrons. The molecule has 0 aliphatic carbocycles. The molecule has 4 rings (SSSR count). The number of anilines is 2. The second kappa shape index (κ2) is 9.78. The van der Waals surface area contributed by atoms with Gasteiger partial charge in [-0.3, -0.25) is 9.59 Å². The van der Waals surface area contributed by atoms with Crippen LogP contribution in [0.1, 0.15) is 30.4 Å². The van der Waals surface area contributed by atoms with E-state index in [-0.39, 0.29) is 23.7 Å². The fourth-order valence-electron chi connectivity index (χ4n) is 4.09. The molecule has 0 aromatic carbocycles. The number of H-pyrrole nitrogens is 1. The van der Waals surface area contributed by atoms with Gasteiger partial charge in [-0.05, 0) is 31.9 Å². The summed E-state index contributed by atoms with van der Waals surface area (Å²) in [4.78, 5) is 32.8. The normalized spacial score (nSPS) is 20.8. The number of hydrogen-bond acceptors (Lipinski definition) is 8. The lowest BCUT2D eigenvalue weighted by Gasteiger charge is -2.35. The van der Waals surface area contributed by atoms with E-state index in [1.165, 1.54) is 0 Å². The summed E-state index contributed by atoms with van der Waals surface area (Å²) < 4.78 is 6.06. The number of aromatic amines is 1. The SMILES string of the molecule is Cc1c(NC[C@@H]2CC[C@@H](CC(=O)N3CCN(c4ccc(C#N)cn4)CC3)O2)cn[nH]c1=O. The van der Waals surface area contributed by atoms with Crippen molar-refractivity contribution < 1.29 is 9.53 Å². The number of nitriles is 1. The summed E-state index contributed by atoms with van der Waals surface area (Å²) in [5.41, 5.74) is 1.63. The quantitative estimate of drug-likeness (QED) is 0.686. The van der Waals surface area contributed by atoms with E-state index in [2.05, 4.69) is 31.5 Å². The van der Waals surface area contributed by atoms with Crippen LogP contribution in [0.25, 0.3) is 0 Å². The zero-order valence-corrected chi connectivity index (χ0v) is 18.1. The number of carbonyl (C=O) groups excluding carboxylic acids is 1. The van der Waals surface area contributed by atoms with Crippen LogP contribution in [-0.2, 0) is 9.53 Å². The second-order valence-electron chi connectivity index (χ2n) is 8.16. The Morgan fingerprint density at radius 2 is 2.03 bits per heavy atom. The fraction of sp³-hybridized carbons (Fsp3) is 0.500. The minimum atomic E-state index is -0.208. The molecule has 32 heavy (non-hydrogen) atoms. The van der Waals surface area contributed by atoms with Crippen LogP contribution in [0.5, 0.6) is 0 Å². The molecule has 0 bridgehead atoms. The number of nitrogens with one attached hydrogen (secondary N) is 2. The molecule has 2 aromatic heterocycles. The van der Waals surface area contributed by atoms with E-state index in [9.17, 15) is 9.59 Å². The van der Waals surface area contributed by atoms with Gasteiger partial charge in [0.1, 0.15) is 11.9 Å². The molecule has 2 aliphatic rings. The highest BCUT2D eigenvalue weighted by atomic mass is 16.5. The molecule has 1 amide bonds. The van der Waals surface area contributed by atoms with E-state index in [4.69, 9.17) is 10.00 Å². The lowest BCUT2D eigenvalue weighted by atomic mass is 10.1. The highest BCUT2D eigenvalue weighted by Gasteiger charge is 2.30. The van der Waals surface area contributed by atoms with Crippen LogP contribution in [0.2, 0.25) is 0 Å². The van der Waals surface area contributed by atoms with E-state index in [1.54, 1.807) is 25.4 Å². The third kappa shape index (κ3) is 5.06. The van der Waals surface area contributed by atoms with Gasteiger partial charge in [0.05, 0.1) is 36.1 Å². The van der Waals surface area contributed by atoms with Gasteiger partial charge in [0, 0.05) is 44.5 Å².